The Kier molecular flexibility index (Phi) is 3.93. The summed E-state index contributed by atoms with van der Waals surface area (Å²) in [5.41, 5.74) is 0.498. The Morgan fingerprint density at radius 1 is 1.50 bits per heavy atom. The first-order valence-corrected chi connectivity index (χ1v) is 5.95. The Hall–Kier alpha value is -1.46. The van der Waals surface area contributed by atoms with Crippen LogP contribution in [0.2, 0.25) is 0 Å². The van der Waals surface area contributed by atoms with E-state index < -0.39 is 5.97 Å². The monoisotopic (exact) mass is 253 g/mol. The molecule has 2 N–H and O–H groups in total. The minimum atomic E-state index is -1.05. The average Bonchev–Trinajstić information content (AvgIpc) is 2.79. The maximum absolute atomic E-state index is 13.6. The molecule has 0 amide bonds. The van der Waals surface area contributed by atoms with Crippen molar-refractivity contribution in [1.82, 2.24) is 4.90 Å². The minimum absolute atomic E-state index is 0.101. The zero-order valence-electron chi connectivity index (χ0n) is 9.97. The normalized spacial score (nSPS) is 20.2. The first-order chi connectivity index (χ1) is 8.60. The molecule has 1 aliphatic heterocycles. The number of benzene rings is 1. The van der Waals surface area contributed by atoms with Gasteiger partial charge in [0.25, 0.3) is 0 Å². The lowest BCUT2D eigenvalue weighted by Crippen LogP contribution is -2.21. The van der Waals surface area contributed by atoms with Crippen molar-refractivity contribution >= 4 is 5.97 Å². The zero-order valence-corrected chi connectivity index (χ0v) is 9.97. The Labute approximate surface area is 105 Å². The molecule has 1 atom stereocenters. The van der Waals surface area contributed by atoms with E-state index in [0.29, 0.717) is 12.1 Å². The number of halogens is 1. The van der Waals surface area contributed by atoms with E-state index in [0.717, 1.165) is 19.5 Å². The molecular formula is C13H16FNO3. The van der Waals surface area contributed by atoms with Gasteiger partial charge in [0.05, 0.1) is 5.56 Å². The summed E-state index contributed by atoms with van der Waals surface area (Å²) in [6.07, 6.45) is 0.900. The second-order valence-electron chi connectivity index (χ2n) is 4.68. The summed E-state index contributed by atoms with van der Waals surface area (Å²) in [6, 6.07) is 3.84. The van der Waals surface area contributed by atoms with Crippen LogP contribution in [-0.4, -0.2) is 40.8 Å². The first kappa shape index (κ1) is 13.0. The third-order valence-electron chi connectivity index (χ3n) is 3.31. The SMILES string of the molecule is O=C(O)c1ccc(F)c(CN2CCC(CO)C2)c1. The second-order valence-corrected chi connectivity index (χ2v) is 4.68. The molecule has 1 saturated heterocycles. The standard InChI is InChI=1S/C13H16FNO3/c14-12-2-1-10(13(17)18)5-11(12)7-15-4-3-9(6-15)8-16/h1-2,5,9,16H,3-4,6-8H2,(H,17,18). The molecule has 1 fully saturated rings. The summed E-state index contributed by atoms with van der Waals surface area (Å²) in [5.74, 6) is -1.19. The van der Waals surface area contributed by atoms with Crippen LogP contribution in [0.5, 0.6) is 0 Å². The van der Waals surface area contributed by atoms with Crippen molar-refractivity contribution in [3.05, 3.63) is 35.1 Å². The fourth-order valence-corrected chi connectivity index (χ4v) is 2.28. The number of rotatable bonds is 4. The van der Waals surface area contributed by atoms with Crippen LogP contribution in [0, 0.1) is 11.7 Å². The largest absolute Gasteiger partial charge is 0.478 e. The van der Waals surface area contributed by atoms with Gasteiger partial charge in [-0.05, 0) is 37.1 Å². The molecule has 0 aliphatic carbocycles. The number of hydrogen-bond acceptors (Lipinski definition) is 3. The number of hydrogen-bond donors (Lipinski definition) is 2. The van der Waals surface area contributed by atoms with Crippen LogP contribution in [0.1, 0.15) is 22.3 Å². The number of aliphatic hydroxyl groups excluding tert-OH is 1. The number of carboxylic acids is 1. The van der Waals surface area contributed by atoms with Crippen LogP contribution in [0.25, 0.3) is 0 Å². The lowest BCUT2D eigenvalue weighted by atomic mass is 10.1. The molecule has 5 heteroatoms. The van der Waals surface area contributed by atoms with Crippen LogP contribution in [-0.2, 0) is 6.54 Å². The number of carboxylic acid groups (broad SMARTS) is 1. The van der Waals surface area contributed by atoms with E-state index in [-0.39, 0.29) is 23.9 Å². The fourth-order valence-electron chi connectivity index (χ4n) is 2.28. The van der Waals surface area contributed by atoms with E-state index in [1.54, 1.807) is 0 Å². The lowest BCUT2D eigenvalue weighted by molar-refractivity contribution is 0.0696. The van der Waals surface area contributed by atoms with E-state index >= 15 is 0 Å². The zero-order chi connectivity index (χ0) is 13.1. The molecule has 1 aromatic carbocycles. The number of aromatic carboxylic acids is 1. The summed E-state index contributed by atoms with van der Waals surface area (Å²) >= 11 is 0. The highest BCUT2D eigenvalue weighted by Crippen LogP contribution is 2.20. The molecule has 1 aromatic rings. The van der Waals surface area contributed by atoms with Crippen LogP contribution < -0.4 is 0 Å². The van der Waals surface area contributed by atoms with E-state index in [9.17, 15) is 9.18 Å². The van der Waals surface area contributed by atoms with Crippen molar-refractivity contribution < 1.29 is 19.4 Å². The molecule has 98 valence electrons. The van der Waals surface area contributed by atoms with Crippen molar-refractivity contribution in [3.8, 4) is 0 Å². The molecule has 0 radical (unpaired) electrons. The second kappa shape index (κ2) is 5.46. The van der Waals surface area contributed by atoms with Crippen molar-refractivity contribution in [2.24, 2.45) is 5.92 Å². The van der Waals surface area contributed by atoms with Gasteiger partial charge in [-0.15, -0.1) is 0 Å². The highest BCUT2D eigenvalue weighted by molar-refractivity contribution is 5.87. The molecule has 1 aliphatic rings. The van der Waals surface area contributed by atoms with Gasteiger partial charge in [-0.25, -0.2) is 9.18 Å². The van der Waals surface area contributed by atoms with Gasteiger partial charge in [-0.3, -0.25) is 4.90 Å². The van der Waals surface area contributed by atoms with E-state index in [1.165, 1.54) is 18.2 Å². The summed E-state index contributed by atoms with van der Waals surface area (Å²) in [7, 11) is 0. The van der Waals surface area contributed by atoms with E-state index in [2.05, 4.69) is 0 Å². The number of aliphatic hydroxyl groups is 1. The van der Waals surface area contributed by atoms with E-state index in [4.69, 9.17) is 10.2 Å². The van der Waals surface area contributed by atoms with Gasteiger partial charge in [0, 0.05) is 25.3 Å². The van der Waals surface area contributed by atoms with Gasteiger partial charge in [-0.2, -0.15) is 0 Å². The van der Waals surface area contributed by atoms with Crippen LogP contribution in [0.3, 0.4) is 0 Å². The van der Waals surface area contributed by atoms with Crippen LogP contribution in [0.4, 0.5) is 4.39 Å². The molecule has 18 heavy (non-hydrogen) atoms. The molecule has 0 aromatic heterocycles. The van der Waals surface area contributed by atoms with Gasteiger partial charge in [0.2, 0.25) is 0 Å². The van der Waals surface area contributed by atoms with Crippen LogP contribution in [0.15, 0.2) is 18.2 Å². The van der Waals surface area contributed by atoms with Crippen LogP contribution >= 0.6 is 0 Å². The third kappa shape index (κ3) is 2.86. The van der Waals surface area contributed by atoms with Gasteiger partial charge in [0.1, 0.15) is 5.82 Å². The third-order valence-corrected chi connectivity index (χ3v) is 3.31. The maximum Gasteiger partial charge on any atom is 0.335 e. The molecule has 1 heterocycles. The molecular weight excluding hydrogens is 237 g/mol. The lowest BCUT2D eigenvalue weighted by Gasteiger charge is -2.16. The molecule has 0 bridgehead atoms. The van der Waals surface area contributed by atoms with Gasteiger partial charge in [0.15, 0.2) is 0 Å². The molecule has 4 nitrogen and oxygen atoms in total. The Morgan fingerprint density at radius 2 is 2.28 bits per heavy atom. The Morgan fingerprint density at radius 3 is 2.89 bits per heavy atom. The number of nitrogens with zero attached hydrogens (tertiary/aromatic N) is 1. The summed E-state index contributed by atoms with van der Waals surface area (Å²) in [4.78, 5) is 12.9. The fraction of sp³-hybridized carbons (Fsp3) is 0.462. The average molecular weight is 253 g/mol. The summed E-state index contributed by atoms with van der Waals surface area (Å²) in [6.45, 7) is 2.08. The van der Waals surface area contributed by atoms with Gasteiger partial charge in [-0.1, -0.05) is 0 Å². The predicted molar refractivity (Wildman–Crippen MR) is 63.8 cm³/mol. The quantitative estimate of drug-likeness (QED) is 0.850. The Bertz CT molecular complexity index is 450. The van der Waals surface area contributed by atoms with E-state index in [1.807, 2.05) is 4.90 Å². The van der Waals surface area contributed by atoms with Crippen molar-refractivity contribution in [2.45, 2.75) is 13.0 Å². The molecule has 1 unspecified atom stereocenters. The highest BCUT2D eigenvalue weighted by Gasteiger charge is 2.22. The summed E-state index contributed by atoms with van der Waals surface area (Å²) < 4.78 is 13.6. The van der Waals surface area contributed by atoms with Crippen molar-refractivity contribution in [2.75, 3.05) is 19.7 Å². The van der Waals surface area contributed by atoms with Gasteiger partial charge < -0.3 is 10.2 Å². The predicted octanol–water partition coefficient (Wildman–Crippen LogP) is 1.34. The first-order valence-electron chi connectivity index (χ1n) is 5.95. The summed E-state index contributed by atoms with van der Waals surface area (Å²) in [5, 5.41) is 17.9. The van der Waals surface area contributed by atoms with Crippen molar-refractivity contribution in [3.63, 3.8) is 0 Å². The minimum Gasteiger partial charge on any atom is -0.478 e. The highest BCUT2D eigenvalue weighted by atomic mass is 19.1. The molecule has 0 spiro atoms. The Balaban J connectivity index is 2.09. The smallest absolute Gasteiger partial charge is 0.335 e. The van der Waals surface area contributed by atoms with Crippen molar-refractivity contribution in [1.29, 1.82) is 0 Å². The number of carbonyl (C=O) groups is 1. The topological polar surface area (TPSA) is 60.8 Å². The molecule has 2 rings (SSSR count). The number of likely N-dealkylation sites (tertiary alicyclic amines) is 1. The molecule has 0 saturated carbocycles. The maximum atomic E-state index is 13.6. The van der Waals surface area contributed by atoms with Gasteiger partial charge >= 0.3 is 5.97 Å².